The predicted octanol–water partition coefficient (Wildman–Crippen LogP) is 1.66. The zero-order valence-corrected chi connectivity index (χ0v) is 6.85. The van der Waals surface area contributed by atoms with Crippen LogP contribution >= 0.6 is 0 Å². The summed E-state index contributed by atoms with van der Waals surface area (Å²) in [4.78, 5) is 0. The number of hydrogen-bond donors (Lipinski definition) is 1. The summed E-state index contributed by atoms with van der Waals surface area (Å²) in [7, 11) is 1.65. The van der Waals surface area contributed by atoms with Crippen LogP contribution in [0.25, 0.3) is 0 Å². The highest BCUT2D eigenvalue weighted by atomic mass is 16.5. The number of nitrogens with one attached hydrogen (secondary N) is 1. The SMILES string of the molecule is CC.COC1=CC=CCN1. The first-order valence-corrected chi connectivity index (χ1v) is 3.58. The molecular formula is C8H15NO. The first-order chi connectivity index (χ1) is 4.93. The van der Waals surface area contributed by atoms with Gasteiger partial charge in [0.25, 0.3) is 0 Å². The van der Waals surface area contributed by atoms with Gasteiger partial charge in [-0.25, -0.2) is 0 Å². The quantitative estimate of drug-likeness (QED) is 0.599. The van der Waals surface area contributed by atoms with Crippen molar-refractivity contribution in [2.45, 2.75) is 13.8 Å². The Morgan fingerprint density at radius 1 is 1.50 bits per heavy atom. The number of methoxy groups -OCH3 is 1. The van der Waals surface area contributed by atoms with Gasteiger partial charge in [0.2, 0.25) is 0 Å². The Hall–Kier alpha value is -0.920. The average Bonchev–Trinajstić information content (AvgIpc) is 2.10. The van der Waals surface area contributed by atoms with E-state index in [1.807, 2.05) is 32.1 Å². The summed E-state index contributed by atoms with van der Waals surface area (Å²) in [5.74, 6) is 0.840. The van der Waals surface area contributed by atoms with Crippen molar-refractivity contribution in [2.75, 3.05) is 13.7 Å². The summed E-state index contributed by atoms with van der Waals surface area (Å²) < 4.78 is 4.89. The monoisotopic (exact) mass is 141 g/mol. The molecule has 0 atom stereocenters. The molecule has 0 aliphatic carbocycles. The second-order valence-electron chi connectivity index (χ2n) is 1.54. The molecule has 1 aliphatic heterocycles. The molecule has 0 fully saturated rings. The van der Waals surface area contributed by atoms with Crippen LogP contribution in [0.5, 0.6) is 0 Å². The zero-order chi connectivity index (χ0) is 7.82. The summed E-state index contributed by atoms with van der Waals surface area (Å²) in [5, 5.41) is 3.02. The molecule has 1 aliphatic rings. The van der Waals surface area contributed by atoms with E-state index in [1.54, 1.807) is 7.11 Å². The van der Waals surface area contributed by atoms with Crippen LogP contribution in [-0.2, 0) is 4.74 Å². The minimum Gasteiger partial charge on any atom is -0.483 e. The first kappa shape index (κ1) is 9.08. The van der Waals surface area contributed by atoms with Crippen LogP contribution < -0.4 is 5.32 Å². The van der Waals surface area contributed by atoms with E-state index >= 15 is 0 Å². The van der Waals surface area contributed by atoms with Crippen molar-refractivity contribution >= 4 is 0 Å². The normalized spacial score (nSPS) is 14.1. The van der Waals surface area contributed by atoms with Gasteiger partial charge in [0, 0.05) is 6.54 Å². The largest absolute Gasteiger partial charge is 0.483 e. The third kappa shape index (κ3) is 3.17. The lowest BCUT2D eigenvalue weighted by Crippen LogP contribution is -2.16. The fourth-order valence-electron chi connectivity index (χ4n) is 0.582. The lowest BCUT2D eigenvalue weighted by molar-refractivity contribution is 0.263. The molecule has 2 nitrogen and oxygen atoms in total. The molecule has 0 aromatic heterocycles. The van der Waals surface area contributed by atoms with Gasteiger partial charge in [0.1, 0.15) is 0 Å². The van der Waals surface area contributed by atoms with Crippen LogP contribution in [0.4, 0.5) is 0 Å². The van der Waals surface area contributed by atoms with E-state index in [0.717, 1.165) is 12.4 Å². The maximum atomic E-state index is 4.89. The molecule has 0 aromatic carbocycles. The Bertz CT molecular complexity index is 127. The van der Waals surface area contributed by atoms with E-state index in [4.69, 9.17) is 4.74 Å². The molecular weight excluding hydrogens is 126 g/mol. The molecule has 0 amide bonds. The zero-order valence-electron chi connectivity index (χ0n) is 6.85. The van der Waals surface area contributed by atoms with Crippen LogP contribution in [-0.4, -0.2) is 13.7 Å². The summed E-state index contributed by atoms with van der Waals surface area (Å²) in [5.41, 5.74) is 0. The van der Waals surface area contributed by atoms with Crippen LogP contribution in [0.3, 0.4) is 0 Å². The third-order valence-corrected chi connectivity index (χ3v) is 0.998. The second-order valence-corrected chi connectivity index (χ2v) is 1.54. The molecule has 1 heterocycles. The molecule has 0 unspecified atom stereocenters. The lowest BCUT2D eigenvalue weighted by Gasteiger charge is -2.08. The Kier molecular flexibility index (Phi) is 5.63. The highest BCUT2D eigenvalue weighted by Crippen LogP contribution is 1.94. The van der Waals surface area contributed by atoms with Gasteiger partial charge in [0.15, 0.2) is 5.88 Å². The van der Waals surface area contributed by atoms with Gasteiger partial charge >= 0.3 is 0 Å². The van der Waals surface area contributed by atoms with E-state index in [2.05, 4.69) is 5.32 Å². The molecule has 1 rings (SSSR count). The van der Waals surface area contributed by atoms with Gasteiger partial charge in [0.05, 0.1) is 7.11 Å². The standard InChI is InChI=1S/C6H9NO.C2H6/c1-8-6-4-2-3-5-7-6;1-2/h2-4,7H,5H2,1H3;1-2H3. The fourth-order valence-corrected chi connectivity index (χ4v) is 0.582. The number of dihydropyridines is 1. The second kappa shape index (κ2) is 6.20. The molecule has 0 saturated heterocycles. The molecule has 10 heavy (non-hydrogen) atoms. The summed E-state index contributed by atoms with van der Waals surface area (Å²) in [6, 6.07) is 0. The first-order valence-electron chi connectivity index (χ1n) is 3.58. The molecule has 58 valence electrons. The third-order valence-electron chi connectivity index (χ3n) is 0.998. The van der Waals surface area contributed by atoms with E-state index in [0.29, 0.717) is 0 Å². The average molecular weight is 141 g/mol. The van der Waals surface area contributed by atoms with Crippen molar-refractivity contribution < 1.29 is 4.74 Å². The molecule has 0 spiro atoms. The molecule has 2 heteroatoms. The van der Waals surface area contributed by atoms with Gasteiger partial charge in [-0.05, 0) is 6.08 Å². The maximum absolute atomic E-state index is 4.89. The number of rotatable bonds is 1. The van der Waals surface area contributed by atoms with E-state index in [-0.39, 0.29) is 0 Å². The van der Waals surface area contributed by atoms with E-state index < -0.39 is 0 Å². The van der Waals surface area contributed by atoms with Crippen molar-refractivity contribution in [1.82, 2.24) is 5.32 Å². The Balaban J connectivity index is 0.000000371. The minimum atomic E-state index is 0.840. The van der Waals surface area contributed by atoms with Gasteiger partial charge < -0.3 is 10.1 Å². The maximum Gasteiger partial charge on any atom is 0.186 e. The van der Waals surface area contributed by atoms with Crippen molar-refractivity contribution in [1.29, 1.82) is 0 Å². The van der Waals surface area contributed by atoms with E-state index in [9.17, 15) is 0 Å². The molecule has 0 radical (unpaired) electrons. The highest BCUT2D eigenvalue weighted by Gasteiger charge is 1.92. The molecule has 0 aromatic rings. The van der Waals surface area contributed by atoms with Crippen molar-refractivity contribution in [2.24, 2.45) is 0 Å². The van der Waals surface area contributed by atoms with E-state index in [1.165, 1.54) is 0 Å². The summed E-state index contributed by atoms with van der Waals surface area (Å²) in [6.07, 6.45) is 5.89. The van der Waals surface area contributed by atoms with Gasteiger partial charge in [-0.3, -0.25) is 0 Å². The van der Waals surface area contributed by atoms with Crippen LogP contribution in [0.1, 0.15) is 13.8 Å². The topological polar surface area (TPSA) is 21.3 Å². The van der Waals surface area contributed by atoms with Gasteiger partial charge in [-0.2, -0.15) is 0 Å². The van der Waals surface area contributed by atoms with Crippen LogP contribution in [0.2, 0.25) is 0 Å². The predicted molar refractivity (Wildman–Crippen MR) is 43.6 cm³/mol. The molecule has 0 bridgehead atoms. The smallest absolute Gasteiger partial charge is 0.186 e. The number of hydrogen-bond acceptors (Lipinski definition) is 2. The van der Waals surface area contributed by atoms with Crippen molar-refractivity contribution in [3.63, 3.8) is 0 Å². The van der Waals surface area contributed by atoms with Crippen molar-refractivity contribution in [3.8, 4) is 0 Å². The Morgan fingerprint density at radius 2 is 2.20 bits per heavy atom. The molecule has 0 saturated carbocycles. The van der Waals surface area contributed by atoms with Gasteiger partial charge in [-0.1, -0.05) is 26.0 Å². The van der Waals surface area contributed by atoms with Gasteiger partial charge in [-0.15, -0.1) is 0 Å². The van der Waals surface area contributed by atoms with Crippen molar-refractivity contribution in [3.05, 3.63) is 24.1 Å². The summed E-state index contributed by atoms with van der Waals surface area (Å²) >= 11 is 0. The summed E-state index contributed by atoms with van der Waals surface area (Å²) in [6.45, 7) is 4.87. The lowest BCUT2D eigenvalue weighted by atomic mass is 10.4. The number of allylic oxidation sites excluding steroid dienone is 2. The number of ether oxygens (including phenoxy) is 1. The molecule has 1 N–H and O–H groups in total. The Labute approximate surface area is 62.6 Å². The minimum absolute atomic E-state index is 0.840. The Morgan fingerprint density at radius 3 is 2.50 bits per heavy atom. The highest BCUT2D eigenvalue weighted by molar-refractivity contribution is 5.11. The van der Waals surface area contributed by atoms with Crippen LogP contribution in [0.15, 0.2) is 24.1 Å². The van der Waals surface area contributed by atoms with Crippen LogP contribution in [0, 0.1) is 0 Å². The fraction of sp³-hybridized carbons (Fsp3) is 0.500.